The third-order valence-electron chi connectivity index (χ3n) is 4.62. The molecule has 0 spiro atoms. The maximum Gasteiger partial charge on any atom is 0.262 e. The quantitative estimate of drug-likeness (QED) is 0.468. The minimum atomic E-state index is -0.244. The number of nitrogens with zero attached hydrogens (tertiary/aromatic N) is 4. The Morgan fingerprint density at radius 3 is 2.38 bits per heavy atom. The number of aryl methyl sites for hydroxylation is 3. The number of benzene rings is 2. The topological polar surface area (TPSA) is 91.2 Å². The van der Waals surface area contributed by atoms with Crippen molar-refractivity contribution < 1.29 is 14.3 Å². The van der Waals surface area contributed by atoms with Gasteiger partial charge in [0.15, 0.2) is 6.61 Å². The minimum absolute atomic E-state index is 0.0715. The van der Waals surface area contributed by atoms with Gasteiger partial charge < -0.3 is 14.8 Å². The Kier molecular flexibility index (Phi) is 6.12. The third kappa shape index (κ3) is 5.28. The first-order valence-corrected chi connectivity index (χ1v) is 10.1. The van der Waals surface area contributed by atoms with Crippen LogP contribution in [-0.4, -0.2) is 32.0 Å². The van der Waals surface area contributed by atoms with Gasteiger partial charge in [0.05, 0.1) is 0 Å². The van der Waals surface area contributed by atoms with Crippen LogP contribution in [0.25, 0.3) is 5.82 Å². The van der Waals surface area contributed by atoms with E-state index in [9.17, 15) is 4.79 Å². The van der Waals surface area contributed by atoms with Gasteiger partial charge in [-0.15, -0.1) is 0 Å². The Morgan fingerprint density at radius 2 is 1.69 bits per heavy atom. The lowest BCUT2D eigenvalue weighted by atomic mass is 10.2. The van der Waals surface area contributed by atoms with Crippen molar-refractivity contribution in [3.05, 3.63) is 84.2 Å². The van der Waals surface area contributed by atoms with Gasteiger partial charge in [0.25, 0.3) is 5.91 Å². The van der Waals surface area contributed by atoms with Gasteiger partial charge in [0, 0.05) is 24.1 Å². The van der Waals surface area contributed by atoms with Crippen molar-refractivity contribution >= 4 is 11.6 Å². The molecule has 0 saturated heterocycles. The second kappa shape index (κ2) is 9.30. The Labute approximate surface area is 185 Å². The summed E-state index contributed by atoms with van der Waals surface area (Å²) in [6.07, 6.45) is 3.55. The molecule has 0 aliphatic heterocycles. The van der Waals surface area contributed by atoms with Crippen LogP contribution < -0.4 is 14.8 Å². The zero-order valence-corrected chi connectivity index (χ0v) is 18.1. The molecular formula is C24H23N5O3. The van der Waals surface area contributed by atoms with E-state index < -0.39 is 0 Å². The molecule has 0 fully saturated rings. The monoisotopic (exact) mass is 429 g/mol. The largest absolute Gasteiger partial charge is 0.484 e. The number of anilines is 1. The molecule has 2 heterocycles. The summed E-state index contributed by atoms with van der Waals surface area (Å²) in [4.78, 5) is 25.2. The van der Waals surface area contributed by atoms with E-state index in [0.29, 0.717) is 34.7 Å². The molecule has 2 aromatic carbocycles. The molecule has 0 saturated carbocycles. The summed E-state index contributed by atoms with van der Waals surface area (Å²) in [7, 11) is 0. The zero-order valence-electron chi connectivity index (χ0n) is 18.1. The highest BCUT2D eigenvalue weighted by molar-refractivity contribution is 5.91. The molecule has 4 aromatic rings. The number of ether oxygens (including phenoxy) is 2. The molecule has 2 aromatic heterocycles. The molecule has 1 N–H and O–H groups in total. The number of aromatic nitrogens is 4. The summed E-state index contributed by atoms with van der Waals surface area (Å²) < 4.78 is 13.3. The summed E-state index contributed by atoms with van der Waals surface area (Å²) in [5.74, 6) is 3.50. The molecule has 0 aliphatic rings. The van der Waals surface area contributed by atoms with Gasteiger partial charge in [0.2, 0.25) is 5.88 Å². The highest BCUT2D eigenvalue weighted by atomic mass is 16.5. The number of imidazole rings is 1. The van der Waals surface area contributed by atoms with E-state index in [4.69, 9.17) is 9.47 Å². The van der Waals surface area contributed by atoms with E-state index in [1.54, 1.807) is 43.5 Å². The first-order chi connectivity index (χ1) is 15.5. The Hall–Kier alpha value is -4.20. The number of hydrogen-bond donors (Lipinski definition) is 1. The molecule has 0 aliphatic carbocycles. The number of hydrogen-bond acceptors (Lipinski definition) is 6. The van der Waals surface area contributed by atoms with Gasteiger partial charge in [-0.2, -0.15) is 4.98 Å². The fourth-order valence-electron chi connectivity index (χ4n) is 3.03. The summed E-state index contributed by atoms with van der Waals surface area (Å²) >= 11 is 0. The van der Waals surface area contributed by atoms with Crippen molar-refractivity contribution in [2.75, 3.05) is 11.9 Å². The minimum Gasteiger partial charge on any atom is -0.484 e. The van der Waals surface area contributed by atoms with Crippen LogP contribution >= 0.6 is 0 Å². The van der Waals surface area contributed by atoms with E-state index in [-0.39, 0.29) is 12.5 Å². The van der Waals surface area contributed by atoms with Crippen LogP contribution in [0.4, 0.5) is 5.69 Å². The lowest BCUT2D eigenvalue weighted by Crippen LogP contribution is -2.20. The molecule has 8 nitrogen and oxygen atoms in total. The van der Waals surface area contributed by atoms with E-state index in [0.717, 1.165) is 11.4 Å². The summed E-state index contributed by atoms with van der Waals surface area (Å²) in [5, 5.41) is 2.80. The predicted molar refractivity (Wildman–Crippen MR) is 120 cm³/mol. The molecule has 4 rings (SSSR count). The zero-order chi connectivity index (χ0) is 22.5. The lowest BCUT2D eigenvalue weighted by molar-refractivity contribution is -0.118. The van der Waals surface area contributed by atoms with Crippen LogP contribution in [0.5, 0.6) is 17.4 Å². The van der Waals surface area contributed by atoms with Crippen LogP contribution in [0.2, 0.25) is 0 Å². The molecule has 0 atom stereocenters. The van der Waals surface area contributed by atoms with Crippen LogP contribution in [0.1, 0.15) is 17.2 Å². The smallest absolute Gasteiger partial charge is 0.262 e. The van der Waals surface area contributed by atoms with Crippen molar-refractivity contribution in [3.8, 4) is 23.2 Å². The number of rotatable bonds is 7. The standard InChI is InChI=1S/C24H23N5O3/c1-16-4-8-20(9-5-16)31-15-23(30)28-19-6-10-21(11-7-19)32-24-14-22(26-17(2)27-24)29-13-12-25-18(29)3/h4-14H,15H2,1-3H3,(H,28,30). The normalized spacial score (nSPS) is 10.6. The van der Waals surface area contributed by atoms with Gasteiger partial charge in [-0.05, 0) is 57.2 Å². The van der Waals surface area contributed by atoms with Gasteiger partial charge in [-0.3, -0.25) is 9.36 Å². The van der Waals surface area contributed by atoms with Gasteiger partial charge in [0.1, 0.15) is 29.0 Å². The average Bonchev–Trinajstić information content (AvgIpc) is 3.20. The molecule has 0 bridgehead atoms. The summed E-state index contributed by atoms with van der Waals surface area (Å²) in [6, 6.07) is 16.3. The van der Waals surface area contributed by atoms with Crippen molar-refractivity contribution in [2.24, 2.45) is 0 Å². The Bertz CT molecular complexity index is 1220. The maximum atomic E-state index is 12.2. The Balaban J connectivity index is 1.36. The molecular weight excluding hydrogens is 406 g/mol. The van der Waals surface area contributed by atoms with Gasteiger partial charge in [-0.25, -0.2) is 9.97 Å². The fourth-order valence-corrected chi connectivity index (χ4v) is 3.03. The number of amides is 1. The predicted octanol–water partition coefficient (Wildman–Crippen LogP) is 4.40. The second-order valence-electron chi connectivity index (χ2n) is 7.23. The van der Waals surface area contributed by atoms with Crippen molar-refractivity contribution in [1.82, 2.24) is 19.5 Å². The van der Waals surface area contributed by atoms with Crippen molar-refractivity contribution in [2.45, 2.75) is 20.8 Å². The number of nitrogens with one attached hydrogen (secondary N) is 1. The van der Waals surface area contributed by atoms with Crippen molar-refractivity contribution in [1.29, 1.82) is 0 Å². The maximum absolute atomic E-state index is 12.2. The second-order valence-corrected chi connectivity index (χ2v) is 7.23. The fraction of sp³-hybridized carbons (Fsp3) is 0.167. The Morgan fingerprint density at radius 1 is 0.969 bits per heavy atom. The highest BCUT2D eigenvalue weighted by Crippen LogP contribution is 2.23. The third-order valence-corrected chi connectivity index (χ3v) is 4.62. The van der Waals surface area contributed by atoms with Gasteiger partial charge >= 0.3 is 0 Å². The molecule has 162 valence electrons. The summed E-state index contributed by atoms with van der Waals surface area (Å²) in [5.41, 5.74) is 1.78. The number of carbonyl (C=O) groups is 1. The summed E-state index contributed by atoms with van der Waals surface area (Å²) in [6.45, 7) is 5.63. The number of carbonyl (C=O) groups excluding carboxylic acids is 1. The van der Waals surface area contributed by atoms with Crippen LogP contribution in [0.15, 0.2) is 67.0 Å². The molecule has 1 amide bonds. The molecule has 32 heavy (non-hydrogen) atoms. The molecule has 8 heteroatoms. The van der Waals surface area contributed by atoms with Crippen LogP contribution in [0, 0.1) is 20.8 Å². The van der Waals surface area contributed by atoms with Gasteiger partial charge in [-0.1, -0.05) is 17.7 Å². The highest BCUT2D eigenvalue weighted by Gasteiger charge is 2.09. The lowest BCUT2D eigenvalue weighted by Gasteiger charge is -2.10. The average molecular weight is 429 g/mol. The van der Waals surface area contributed by atoms with Crippen LogP contribution in [0.3, 0.4) is 0 Å². The molecule has 0 unspecified atom stereocenters. The first kappa shape index (κ1) is 21.0. The van der Waals surface area contributed by atoms with E-state index in [1.807, 2.05) is 48.9 Å². The van der Waals surface area contributed by atoms with Crippen LogP contribution in [-0.2, 0) is 4.79 Å². The molecule has 0 radical (unpaired) electrons. The van der Waals surface area contributed by atoms with E-state index >= 15 is 0 Å². The van der Waals surface area contributed by atoms with E-state index in [1.165, 1.54) is 0 Å². The van der Waals surface area contributed by atoms with Crippen molar-refractivity contribution in [3.63, 3.8) is 0 Å². The SMILES string of the molecule is Cc1ccc(OCC(=O)Nc2ccc(Oc3cc(-n4ccnc4C)nc(C)n3)cc2)cc1. The van der Waals surface area contributed by atoms with E-state index in [2.05, 4.69) is 20.3 Å². The first-order valence-electron chi connectivity index (χ1n) is 10.1.